The highest BCUT2D eigenvalue weighted by atomic mass is 16.5. The van der Waals surface area contributed by atoms with Gasteiger partial charge in [-0.2, -0.15) is 0 Å². The van der Waals surface area contributed by atoms with Gasteiger partial charge in [0.05, 0.1) is 25.5 Å². The Balaban J connectivity index is 1.41. The zero-order valence-corrected chi connectivity index (χ0v) is 17.5. The number of rotatable bonds is 8. The van der Waals surface area contributed by atoms with Crippen LogP contribution in [0.1, 0.15) is 17.0 Å². The van der Waals surface area contributed by atoms with Crippen LogP contribution in [0.15, 0.2) is 65.7 Å². The second-order valence-electron chi connectivity index (χ2n) is 7.50. The molecule has 0 bridgehead atoms. The Labute approximate surface area is 179 Å². The van der Waals surface area contributed by atoms with Crippen molar-refractivity contribution in [2.75, 3.05) is 13.7 Å². The molecule has 7 heteroatoms. The molecule has 1 atom stereocenters. The minimum absolute atomic E-state index is 0.140. The van der Waals surface area contributed by atoms with E-state index in [1.54, 1.807) is 31.5 Å². The Morgan fingerprint density at radius 2 is 2.00 bits per heavy atom. The summed E-state index contributed by atoms with van der Waals surface area (Å²) in [6.45, 7) is 2.79. The summed E-state index contributed by atoms with van der Waals surface area (Å²) in [4.78, 5) is 18.6. The first kappa shape index (κ1) is 20.7. The van der Waals surface area contributed by atoms with E-state index in [1.165, 1.54) is 6.07 Å². The number of pyridine rings is 2. The van der Waals surface area contributed by atoms with Crippen LogP contribution in [-0.2, 0) is 13.0 Å². The number of aromatic nitrogens is 3. The van der Waals surface area contributed by atoms with Crippen molar-refractivity contribution in [2.24, 2.45) is 0 Å². The van der Waals surface area contributed by atoms with Crippen LogP contribution in [-0.4, -0.2) is 39.5 Å². The number of hydrogen-bond donors (Lipinski definition) is 2. The maximum Gasteiger partial charge on any atom is 0.248 e. The Hall–Kier alpha value is -3.58. The van der Waals surface area contributed by atoms with E-state index in [-0.39, 0.29) is 12.2 Å². The number of aromatic amines is 1. The number of benzene rings is 1. The first-order chi connectivity index (χ1) is 15.0. The summed E-state index contributed by atoms with van der Waals surface area (Å²) in [5.41, 5.74) is 3.64. The molecule has 0 radical (unpaired) electrons. The van der Waals surface area contributed by atoms with E-state index in [2.05, 4.69) is 14.5 Å². The van der Waals surface area contributed by atoms with Gasteiger partial charge in [-0.25, -0.2) is 0 Å². The van der Waals surface area contributed by atoms with Gasteiger partial charge >= 0.3 is 0 Å². The third-order valence-electron chi connectivity index (χ3n) is 5.23. The van der Waals surface area contributed by atoms with Gasteiger partial charge in [-0.3, -0.25) is 9.78 Å². The van der Waals surface area contributed by atoms with E-state index in [4.69, 9.17) is 9.47 Å². The number of fused-ring (bicyclic) bond motifs is 1. The van der Waals surface area contributed by atoms with Crippen LogP contribution in [0.25, 0.3) is 10.9 Å². The van der Waals surface area contributed by atoms with Crippen LogP contribution < -0.4 is 15.0 Å². The predicted molar refractivity (Wildman–Crippen MR) is 119 cm³/mol. The Morgan fingerprint density at radius 3 is 2.84 bits per heavy atom. The molecule has 2 N–H and O–H groups in total. The second kappa shape index (κ2) is 9.06. The van der Waals surface area contributed by atoms with Gasteiger partial charge in [-0.15, -0.1) is 0 Å². The van der Waals surface area contributed by atoms with Crippen LogP contribution in [0.2, 0.25) is 0 Å². The fourth-order valence-corrected chi connectivity index (χ4v) is 3.58. The van der Waals surface area contributed by atoms with E-state index < -0.39 is 6.10 Å². The fraction of sp³-hybridized carbons (Fsp3) is 0.250. The van der Waals surface area contributed by atoms with Crippen LogP contribution in [0.5, 0.6) is 11.5 Å². The lowest BCUT2D eigenvalue weighted by atomic mass is 10.1. The molecule has 0 aliphatic rings. The zero-order chi connectivity index (χ0) is 21.8. The van der Waals surface area contributed by atoms with E-state index in [9.17, 15) is 9.90 Å². The first-order valence-corrected chi connectivity index (χ1v) is 10.1. The molecule has 0 saturated heterocycles. The van der Waals surface area contributed by atoms with E-state index >= 15 is 0 Å². The van der Waals surface area contributed by atoms with Gasteiger partial charge in [-0.1, -0.05) is 0 Å². The van der Waals surface area contributed by atoms with Gasteiger partial charge in [-0.05, 0) is 48.9 Å². The van der Waals surface area contributed by atoms with Crippen molar-refractivity contribution in [3.05, 3.63) is 88.2 Å². The molecule has 7 nitrogen and oxygen atoms in total. The molecule has 1 aromatic carbocycles. The molecule has 0 saturated carbocycles. The fourth-order valence-electron chi connectivity index (χ4n) is 3.58. The molecular weight excluding hydrogens is 394 g/mol. The summed E-state index contributed by atoms with van der Waals surface area (Å²) in [6, 6.07) is 14.4. The average molecular weight is 419 g/mol. The molecule has 4 rings (SSSR count). The Kier molecular flexibility index (Phi) is 6.04. The van der Waals surface area contributed by atoms with E-state index in [1.807, 2.05) is 37.4 Å². The van der Waals surface area contributed by atoms with Crippen LogP contribution in [0.3, 0.4) is 0 Å². The molecule has 1 unspecified atom stereocenters. The third kappa shape index (κ3) is 4.95. The highest BCUT2D eigenvalue weighted by Crippen LogP contribution is 2.20. The maximum atomic E-state index is 11.4. The number of nitrogens with one attached hydrogen (secondary N) is 1. The van der Waals surface area contributed by atoms with Gasteiger partial charge in [0.15, 0.2) is 0 Å². The second-order valence-corrected chi connectivity index (χ2v) is 7.50. The summed E-state index contributed by atoms with van der Waals surface area (Å²) in [7, 11) is 1.63. The molecule has 3 aromatic heterocycles. The molecule has 0 amide bonds. The van der Waals surface area contributed by atoms with Gasteiger partial charge in [0, 0.05) is 47.5 Å². The maximum absolute atomic E-state index is 11.4. The van der Waals surface area contributed by atoms with Crippen LogP contribution >= 0.6 is 0 Å². The molecule has 4 aromatic rings. The lowest BCUT2D eigenvalue weighted by Crippen LogP contribution is -2.22. The largest absolute Gasteiger partial charge is 0.497 e. The van der Waals surface area contributed by atoms with Gasteiger partial charge in [0.25, 0.3) is 0 Å². The summed E-state index contributed by atoms with van der Waals surface area (Å²) < 4.78 is 13.2. The molecule has 0 aliphatic heterocycles. The van der Waals surface area contributed by atoms with Gasteiger partial charge < -0.3 is 24.1 Å². The SMILES string of the molecule is COc1ccnc(Cn2ccc(C)c2CC(O)COc2ccc3[nH]c(=O)ccc3c2)c1. The lowest BCUT2D eigenvalue weighted by Gasteiger charge is -2.16. The lowest BCUT2D eigenvalue weighted by molar-refractivity contribution is 0.106. The summed E-state index contributed by atoms with van der Waals surface area (Å²) >= 11 is 0. The van der Waals surface area contributed by atoms with Gasteiger partial charge in [0.2, 0.25) is 5.56 Å². The highest BCUT2D eigenvalue weighted by Gasteiger charge is 2.14. The molecule has 0 aliphatic carbocycles. The Bertz CT molecular complexity index is 1250. The van der Waals surface area contributed by atoms with Crippen molar-refractivity contribution >= 4 is 10.9 Å². The van der Waals surface area contributed by atoms with Crippen molar-refractivity contribution in [2.45, 2.75) is 26.0 Å². The quantitative estimate of drug-likeness (QED) is 0.458. The van der Waals surface area contributed by atoms with Crippen LogP contribution in [0, 0.1) is 6.92 Å². The van der Waals surface area contributed by atoms with Gasteiger partial charge in [0.1, 0.15) is 18.1 Å². The molecule has 3 heterocycles. The van der Waals surface area contributed by atoms with Crippen molar-refractivity contribution < 1.29 is 14.6 Å². The number of methoxy groups -OCH3 is 1. The zero-order valence-electron chi connectivity index (χ0n) is 17.5. The number of nitrogens with zero attached hydrogens (tertiary/aromatic N) is 2. The smallest absolute Gasteiger partial charge is 0.248 e. The van der Waals surface area contributed by atoms with Crippen molar-refractivity contribution in [1.82, 2.24) is 14.5 Å². The predicted octanol–water partition coefficient (Wildman–Crippen LogP) is 3.07. The first-order valence-electron chi connectivity index (χ1n) is 10.1. The minimum atomic E-state index is -0.670. The topological polar surface area (TPSA) is 89.4 Å². The number of ether oxygens (including phenoxy) is 2. The van der Waals surface area contributed by atoms with Crippen LogP contribution in [0.4, 0.5) is 0 Å². The standard InChI is InChI=1S/C24H25N3O4/c1-16-8-10-27(14-18-12-20(30-2)7-9-25-18)23(16)13-19(28)15-31-21-4-5-22-17(11-21)3-6-24(29)26-22/h3-12,19,28H,13-15H2,1-2H3,(H,26,29). The number of aliphatic hydroxyl groups excluding tert-OH is 1. The third-order valence-corrected chi connectivity index (χ3v) is 5.23. The van der Waals surface area contributed by atoms with E-state index in [0.29, 0.717) is 18.7 Å². The number of H-pyrrole nitrogens is 1. The number of aliphatic hydroxyl groups is 1. The van der Waals surface area contributed by atoms with Crippen molar-refractivity contribution in [3.8, 4) is 11.5 Å². The van der Waals surface area contributed by atoms with Crippen molar-refractivity contribution in [3.63, 3.8) is 0 Å². The average Bonchev–Trinajstić information content (AvgIpc) is 3.11. The number of aryl methyl sites for hydroxylation is 1. The summed E-state index contributed by atoms with van der Waals surface area (Å²) in [6.07, 6.45) is 3.52. The monoisotopic (exact) mass is 419 g/mol. The molecule has 160 valence electrons. The minimum Gasteiger partial charge on any atom is -0.497 e. The van der Waals surface area contributed by atoms with Crippen molar-refractivity contribution in [1.29, 1.82) is 0 Å². The normalized spacial score (nSPS) is 12.1. The molecule has 0 fully saturated rings. The molecular formula is C24H25N3O4. The highest BCUT2D eigenvalue weighted by molar-refractivity contribution is 5.79. The summed E-state index contributed by atoms with van der Waals surface area (Å²) in [5.74, 6) is 1.41. The molecule has 31 heavy (non-hydrogen) atoms. The summed E-state index contributed by atoms with van der Waals surface area (Å²) in [5, 5.41) is 11.5. The Morgan fingerprint density at radius 1 is 1.13 bits per heavy atom. The molecule has 0 spiro atoms. The number of hydrogen-bond acceptors (Lipinski definition) is 5. The van der Waals surface area contributed by atoms with E-state index in [0.717, 1.165) is 33.6 Å².